The van der Waals surface area contributed by atoms with E-state index in [1.54, 1.807) is 0 Å². The summed E-state index contributed by atoms with van der Waals surface area (Å²) in [6.45, 7) is 8.10. The predicted octanol–water partition coefficient (Wildman–Crippen LogP) is 3.77. The highest BCUT2D eigenvalue weighted by atomic mass is 16.5. The second-order valence-corrected chi connectivity index (χ2v) is 6.33. The van der Waals surface area contributed by atoms with Crippen LogP contribution in [0, 0.1) is 0 Å². The van der Waals surface area contributed by atoms with Gasteiger partial charge in [-0.1, -0.05) is 25.5 Å². The van der Waals surface area contributed by atoms with Crippen LogP contribution >= 0.6 is 0 Å². The first-order valence-electron chi connectivity index (χ1n) is 8.29. The van der Waals surface area contributed by atoms with E-state index in [0.29, 0.717) is 6.04 Å². The summed E-state index contributed by atoms with van der Waals surface area (Å²) in [4.78, 5) is 2.45. The van der Waals surface area contributed by atoms with Gasteiger partial charge in [0.15, 0.2) is 0 Å². The van der Waals surface area contributed by atoms with Crippen molar-refractivity contribution in [2.45, 2.75) is 64.7 Å². The van der Waals surface area contributed by atoms with Crippen LogP contribution < -0.4 is 4.74 Å². The molecule has 3 heteroatoms. The molecule has 0 radical (unpaired) electrons. The Labute approximate surface area is 128 Å². The van der Waals surface area contributed by atoms with Gasteiger partial charge in [0.05, 0.1) is 12.2 Å². The predicted molar refractivity (Wildman–Crippen MR) is 86.7 cm³/mol. The van der Waals surface area contributed by atoms with Gasteiger partial charge in [-0.15, -0.1) is 0 Å². The third-order valence-corrected chi connectivity index (χ3v) is 3.91. The molecule has 0 bridgehead atoms. The van der Waals surface area contributed by atoms with Crippen LogP contribution in [0.15, 0.2) is 24.3 Å². The third kappa shape index (κ3) is 5.33. The number of rotatable bonds is 9. The Bertz CT molecular complexity index is 412. The summed E-state index contributed by atoms with van der Waals surface area (Å²) in [5.41, 5.74) is 0.980. The van der Waals surface area contributed by atoms with Crippen molar-refractivity contribution in [1.29, 1.82) is 0 Å². The zero-order valence-corrected chi connectivity index (χ0v) is 13.6. The number of hydrogen-bond acceptors (Lipinski definition) is 3. The van der Waals surface area contributed by atoms with E-state index in [2.05, 4.69) is 11.8 Å². The topological polar surface area (TPSA) is 32.7 Å². The maximum atomic E-state index is 10.5. The number of benzene rings is 1. The third-order valence-electron chi connectivity index (χ3n) is 3.91. The van der Waals surface area contributed by atoms with Gasteiger partial charge >= 0.3 is 0 Å². The van der Waals surface area contributed by atoms with Gasteiger partial charge in [-0.2, -0.15) is 0 Å². The van der Waals surface area contributed by atoms with E-state index < -0.39 is 6.10 Å². The number of hydrogen-bond donors (Lipinski definition) is 1. The largest absolute Gasteiger partial charge is 0.491 e. The number of aliphatic hydroxyl groups excluding tert-OH is 1. The normalized spacial score (nSPS) is 16.5. The zero-order chi connectivity index (χ0) is 15.2. The maximum absolute atomic E-state index is 10.5. The van der Waals surface area contributed by atoms with Crippen LogP contribution in [-0.2, 0) is 0 Å². The van der Waals surface area contributed by atoms with Crippen LogP contribution in [0.1, 0.15) is 58.1 Å². The highest BCUT2D eigenvalue weighted by Crippen LogP contribution is 2.29. The molecule has 0 aliphatic heterocycles. The van der Waals surface area contributed by atoms with Gasteiger partial charge in [0.1, 0.15) is 5.75 Å². The number of aliphatic hydroxyl groups is 1. The number of nitrogens with zero attached hydrogens (tertiary/aromatic N) is 1. The minimum Gasteiger partial charge on any atom is -0.491 e. The van der Waals surface area contributed by atoms with E-state index in [9.17, 15) is 5.11 Å². The molecule has 1 atom stereocenters. The molecule has 1 aliphatic carbocycles. The molecule has 1 unspecified atom stereocenters. The molecule has 21 heavy (non-hydrogen) atoms. The molecule has 1 N–H and O–H groups in total. The fourth-order valence-electron chi connectivity index (χ4n) is 2.59. The molecule has 1 aromatic carbocycles. The maximum Gasteiger partial charge on any atom is 0.119 e. The Hall–Kier alpha value is -1.06. The smallest absolute Gasteiger partial charge is 0.119 e. The lowest BCUT2D eigenvalue weighted by Gasteiger charge is -2.25. The van der Waals surface area contributed by atoms with Gasteiger partial charge in [0.25, 0.3) is 0 Å². The number of ether oxygens (including phenoxy) is 1. The van der Waals surface area contributed by atoms with Crippen LogP contribution in [0.4, 0.5) is 0 Å². The molecular weight excluding hydrogens is 262 g/mol. The van der Waals surface area contributed by atoms with Crippen molar-refractivity contribution >= 4 is 0 Å². The van der Waals surface area contributed by atoms with Crippen molar-refractivity contribution in [3.8, 4) is 5.75 Å². The monoisotopic (exact) mass is 291 g/mol. The summed E-state index contributed by atoms with van der Waals surface area (Å²) in [5, 5.41) is 10.5. The van der Waals surface area contributed by atoms with Crippen molar-refractivity contribution in [3.63, 3.8) is 0 Å². The molecule has 0 heterocycles. The molecular formula is C18H29NO2. The molecule has 2 rings (SSSR count). The molecule has 0 saturated heterocycles. The fourth-order valence-corrected chi connectivity index (χ4v) is 2.59. The second kappa shape index (κ2) is 7.81. The summed E-state index contributed by atoms with van der Waals surface area (Å²) in [7, 11) is 0. The van der Waals surface area contributed by atoms with Crippen molar-refractivity contribution in [3.05, 3.63) is 29.8 Å². The summed E-state index contributed by atoms with van der Waals surface area (Å²) in [6, 6.07) is 8.56. The van der Waals surface area contributed by atoms with Crippen LogP contribution in [0.25, 0.3) is 0 Å². The molecule has 118 valence electrons. The quantitative estimate of drug-likeness (QED) is 0.751. The highest BCUT2D eigenvalue weighted by molar-refractivity contribution is 5.28. The Morgan fingerprint density at radius 3 is 2.43 bits per heavy atom. The zero-order valence-electron chi connectivity index (χ0n) is 13.6. The van der Waals surface area contributed by atoms with Crippen LogP contribution in [0.5, 0.6) is 5.75 Å². The molecule has 0 aromatic heterocycles. The second-order valence-electron chi connectivity index (χ2n) is 6.33. The van der Waals surface area contributed by atoms with E-state index in [4.69, 9.17) is 4.74 Å². The van der Waals surface area contributed by atoms with Crippen molar-refractivity contribution in [1.82, 2.24) is 4.90 Å². The van der Waals surface area contributed by atoms with Crippen LogP contribution in [-0.4, -0.2) is 35.2 Å². The van der Waals surface area contributed by atoms with Crippen molar-refractivity contribution < 1.29 is 9.84 Å². The number of unbranched alkanes of at least 4 members (excludes halogenated alkanes) is 1. The molecule has 1 fully saturated rings. The Balaban J connectivity index is 1.90. The summed E-state index contributed by atoms with van der Waals surface area (Å²) < 4.78 is 5.64. The molecule has 1 saturated carbocycles. The van der Waals surface area contributed by atoms with E-state index in [1.165, 1.54) is 25.7 Å². The SMILES string of the molecule is CCCCN(CC(O)c1ccc(OC(C)C)cc1)C1CC1. The first-order valence-corrected chi connectivity index (χ1v) is 8.29. The average Bonchev–Trinajstić information content (AvgIpc) is 3.28. The van der Waals surface area contributed by atoms with Crippen molar-refractivity contribution in [2.75, 3.05) is 13.1 Å². The molecule has 0 amide bonds. The first kappa shape index (κ1) is 16.3. The standard InChI is InChI=1S/C18H29NO2/c1-4-5-12-19(16-8-9-16)13-18(20)15-6-10-17(11-7-15)21-14(2)3/h6-7,10-11,14,16,18,20H,4-5,8-9,12-13H2,1-3H3. The molecule has 1 aromatic rings. The lowest BCUT2D eigenvalue weighted by Crippen LogP contribution is -2.31. The minimum absolute atomic E-state index is 0.181. The summed E-state index contributed by atoms with van der Waals surface area (Å²) >= 11 is 0. The van der Waals surface area contributed by atoms with Gasteiger partial charge in [-0.25, -0.2) is 0 Å². The van der Waals surface area contributed by atoms with Crippen LogP contribution in [0.3, 0.4) is 0 Å². The van der Waals surface area contributed by atoms with E-state index >= 15 is 0 Å². The van der Waals surface area contributed by atoms with Crippen molar-refractivity contribution in [2.24, 2.45) is 0 Å². The highest BCUT2D eigenvalue weighted by Gasteiger charge is 2.29. The van der Waals surface area contributed by atoms with E-state index in [1.807, 2.05) is 38.1 Å². The Morgan fingerprint density at radius 2 is 1.90 bits per heavy atom. The van der Waals surface area contributed by atoms with E-state index in [0.717, 1.165) is 24.4 Å². The lowest BCUT2D eigenvalue weighted by atomic mass is 10.1. The van der Waals surface area contributed by atoms with E-state index in [-0.39, 0.29) is 6.10 Å². The van der Waals surface area contributed by atoms with Gasteiger partial charge in [-0.3, -0.25) is 4.90 Å². The summed E-state index contributed by atoms with van der Waals surface area (Å²) in [5.74, 6) is 0.867. The first-order chi connectivity index (χ1) is 10.1. The minimum atomic E-state index is -0.407. The fraction of sp³-hybridized carbons (Fsp3) is 0.667. The summed E-state index contributed by atoms with van der Waals surface area (Å²) in [6.07, 6.45) is 4.77. The molecule has 1 aliphatic rings. The molecule has 3 nitrogen and oxygen atoms in total. The van der Waals surface area contributed by atoms with Gasteiger partial charge in [-0.05, 0) is 57.4 Å². The van der Waals surface area contributed by atoms with Gasteiger partial charge < -0.3 is 9.84 Å². The van der Waals surface area contributed by atoms with Gasteiger partial charge in [0.2, 0.25) is 0 Å². The average molecular weight is 291 g/mol. The molecule has 0 spiro atoms. The Kier molecular flexibility index (Phi) is 6.07. The van der Waals surface area contributed by atoms with Gasteiger partial charge in [0, 0.05) is 12.6 Å². The lowest BCUT2D eigenvalue weighted by molar-refractivity contribution is 0.107. The Morgan fingerprint density at radius 1 is 1.24 bits per heavy atom. The van der Waals surface area contributed by atoms with Crippen LogP contribution in [0.2, 0.25) is 0 Å².